The van der Waals surface area contributed by atoms with Crippen molar-refractivity contribution in [3.05, 3.63) is 51.2 Å². The molecule has 2 rings (SSSR count). The van der Waals surface area contributed by atoms with Gasteiger partial charge in [0.05, 0.1) is 16.1 Å². The van der Waals surface area contributed by atoms with Crippen molar-refractivity contribution >= 4 is 28.9 Å². The minimum atomic E-state index is -1.05. The van der Waals surface area contributed by atoms with Gasteiger partial charge in [0.25, 0.3) is 5.91 Å². The number of anilines is 1. The van der Waals surface area contributed by atoms with Gasteiger partial charge in [-0.1, -0.05) is 12.1 Å². The molecule has 0 atom stereocenters. The van der Waals surface area contributed by atoms with Crippen LogP contribution in [0.25, 0.3) is 0 Å². The van der Waals surface area contributed by atoms with Gasteiger partial charge in [0.2, 0.25) is 0 Å². The van der Waals surface area contributed by atoms with Crippen molar-refractivity contribution in [3.63, 3.8) is 0 Å². The number of aromatic carboxylic acids is 1. The summed E-state index contributed by atoms with van der Waals surface area (Å²) in [7, 11) is 0. The fraction of sp³-hybridized carbons (Fsp3) is 0.143. The zero-order valence-corrected chi connectivity index (χ0v) is 11.4. The summed E-state index contributed by atoms with van der Waals surface area (Å²) in [4.78, 5) is 23.8. The largest absolute Gasteiger partial charge is 0.478 e. The third-order valence-corrected chi connectivity index (χ3v) is 3.56. The molecule has 0 bridgehead atoms. The van der Waals surface area contributed by atoms with Crippen LogP contribution in [-0.2, 0) is 0 Å². The Labute approximate surface area is 114 Å². The molecule has 5 heteroatoms. The Kier molecular flexibility index (Phi) is 3.66. The average Bonchev–Trinajstić information content (AvgIpc) is 2.85. The second-order valence-electron chi connectivity index (χ2n) is 4.24. The summed E-state index contributed by atoms with van der Waals surface area (Å²) >= 11 is 1.31. The number of carboxylic acids is 1. The first kappa shape index (κ1) is 13.3. The van der Waals surface area contributed by atoms with Gasteiger partial charge in [0.15, 0.2) is 0 Å². The Morgan fingerprint density at radius 2 is 2.00 bits per heavy atom. The molecule has 1 aromatic carbocycles. The number of hydrogen-bond donors (Lipinski definition) is 2. The van der Waals surface area contributed by atoms with Gasteiger partial charge in [0, 0.05) is 0 Å². The van der Waals surface area contributed by atoms with Crippen molar-refractivity contribution in [3.8, 4) is 0 Å². The van der Waals surface area contributed by atoms with Crippen molar-refractivity contribution in [1.29, 1.82) is 0 Å². The van der Waals surface area contributed by atoms with Crippen LogP contribution in [0.4, 0.5) is 5.69 Å². The van der Waals surface area contributed by atoms with Crippen LogP contribution in [0.3, 0.4) is 0 Å². The summed E-state index contributed by atoms with van der Waals surface area (Å²) in [5.41, 5.74) is 2.06. The smallest absolute Gasteiger partial charge is 0.337 e. The van der Waals surface area contributed by atoms with Crippen LogP contribution in [0.5, 0.6) is 0 Å². The predicted molar refractivity (Wildman–Crippen MR) is 75.1 cm³/mol. The minimum Gasteiger partial charge on any atom is -0.478 e. The van der Waals surface area contributed by atoms with Crippen molar-refractivity contribution in [1.82, 2.24) is 0 Å². The third kappa shape index (κ3) is 2.82. The Morgan fingerprint density at radius 1 is 1.26 bits per heavy atom. The molecule has 1 heterocycles. The average molecular weight is 275 g/mol. The van der Waals surface area contributed by atoms with Crippen LogP contribution in [0.1, 0.15) is 31.2 Å². The molecule has 1 amide bonds. The lowest BCUT2D eigenvalue weighted by molar-refractivity contribution is 0.0698. The fourth-order valence-electron chi connectivity index (χ4n) is 1.89. The van der Waals surface area contributed by atoms with Gasteiger partial charge in [-0.3, -0.25) is 4.79 Å². The van der Waals surface area contributed by atoms with Gasteiger partial charge in [-0.05, 0) is 42.5 Å². The van der Waals surface area contributed by atoms with E-state index in [2.05, 4.69) is 5.32 Å². The lowest BCUT2D eigenvalue weighted by atomic mass is 10.0. The van der Waals surface area contributed by atoms with Gasteiger partial charge < -0.3 is 10.4 Å². The molecule has 2 aromatic rings. The summed E-state index contributed by atoms with van der Waals surface area (Å²) in [5, 5.41) is 13.7. The van der Waals surface area contributed by atoms with E-state index in [1.807, 2.05) is 13.0 Å². The van der Waals surface area contributed by atoms with Gasteiger partial charge in [-0.15, -0.1) is 11.3 Å². The second-order valence-corrected chi connectivity index (χ2v) is 5.19. The molecule has 4 nitrogen and oxygen atoms in total. The van der Waals surface area contributed by atoms with Crippen LogP contribution in [0, 0.1) is 13.8 Å². The van der Waals surface area contributed by atoms with E-state index in [-0.39, 0.29) is 11.5 Å². The molecule has 0 aliphatic heterocycles. The highest BCUT2D eigenvalue weighted by molar-refractivity contribution is 7.12. The Morgan fingerprint density at radius 3 is 2.58 bits per heavy atom. The number of aryl methyl sites for hydroxylation is 2. The molecule has 0 unspecified atom stereocenters. The van der Waals surface area contributed by atoms with Crippen molar-refractivity contribution < 1.29 is 14.7 Å². The van der Waals surface area contributed by atoms with Crippen LogP contribution in [0.2, 0.25) is 0 Å². The highest BCUT2D eigenvalue weighted by Crippen LogP contribution is 2.24. The minimum absolute atomic E-state index is 0.113. The monoisotopic (exact) mass is 275 g/mol. The van der Waals surface area contributed by atoms with Gasteiger partial charge in [-0.25, -0.2) is 4.79 Å². The first-order valence-electron chi connectivity index (χ1n) is 5.68. The Bertz CT molecular complexity index is 632. The van der Waals surface area contributed by atoms with Gasteiger partial charge in [0.1, 0.15) is 0 Å². The number of rotatable bonds is 3. The van der Waals surface area contributed by atoms with E-state index in [1.165, 1.54) is 11.3 Å². The van der Waals surface area contributed by atoms with Crippen LogP contribution in [0.15, 0.2) is 29.6 Å². The van der Waals surface area contributed by atoms with Crippen molar-refractivity contribution in [2.45, 2.75) is 13.8 Å². The number of carbonyl (C=O) groups is 2. The molecule has 2 N–H and O–H groups in total. The van der Waals surface area contributed by atoms with E-state index in [4.69, 9.17) is 0 Å². The maximum Gasteiger partial charge on any atom is 0.337 e. The molecule has 98 valence electrons. The topological polar surface area (TPSA) is 66.4 Å². The van der Waals surface area contributed by atoms with Gasteiger partial charge in [-0.2, -0.15) is 0 Å². The van der Waals surface area contributed by atoms with Crippen molar-refractivity contribution in [2.24, 2.45) is 0 Å². The zero-order valence-electron chi connectivity index (χ0n) is 10.6. The lowest BCUT2D eigenvalue weighted by Crippen LogP contribution is -2.15. The summed E-state index contributed by atoms with van der Waals surface area (Å²) in [6, 6.07) is 6.87. The number of hydrogen-bond acceptors (Lipinski definition) is 3. The highest BCUT2D eigenvalue weighted by Gasteiger charge is 2.16. The number of carboxylic acid groups (broad SMARTS) is 1. The van der Waals surface area contributed by atoms with Crippen LogP contribution >= 0.6 is 11.3 Å². The number of carbonyl (C=O) groups excluding carboxylic acids is 1. The first-order chi connectivity index (χ1) is 8.99. The van der Waals surface area contributed by atoms with E-state index in [1.54, 1.807) is 30.5 Å². The van der Waals surface area contributed by atoms with E-state index < -0.39 is 5.97 Å². The molecule has 0 saturated heterocycles. The summed E-state index contributed by atoms with van der Waals surface area (Å²) in [6.07, 6.45) is 0. The van der Waals surface area contributed by atoms with E-state index in [0.29, 0.717) is 10.6 Å². The number of amides is 1. The molecular formula is C14H13NO3S. The third-order valence-electron chi connectivity index (χ3n) is 2.69. The number of nitrogens with one attached hydrogen (secondary N) is 1. The normalized spacial score (nSPS) is 10.2. The molecule has 1 aromatic heterocycles. The highest BCUT2D eigenvalue weighted by atomic mass is 32.1. The molecule has 0 saturated carbocycles. The SMILES string of the molecule is Cc1cc(C)c(NC(=O)c2cccs2)c(C(=O)O)c1. The quantitative estimate of drug-likeness (QED) is 0.903. The van der Waals surface area contributed by atoms with Crippen LogP contribution < -0.4 is 5.32 Å². The standard InChI is InChI=1S/C14H13NO3S/c1-8-6-9(2)12(10(7-8)14(17)18)15-13(16)11-4-3-5-19-11/h3-7H,1-2H3,(H,15,16)(H,17,18). The molecule has 0 spiro atoms. The Hall–Kier alpha value is -2.14. The first-order valence-corrected chi connectivity index (χ1v) is 6.56. The Balaban J connectivity index is 2.39. The summed E-state index contributed by atoms with van der Waals surface area (Å²) in [5.74, 6) is -1.34. The summed E-state index contributed by atoms with van der Waals surface area (Å²) < 4.78 is 0. The van der Waals surface area contributed by atoms with Crippen molar-refractivity contribution in [2.75, 3.05) is 5.32 Å². The number of thiophene rings is 1. The fourth-order valence-corrected chi connectivity index (χ4v) is 2.50. The zero-order chi connectivity index (χ0) is 14.0. The van der Waals surface area contributed by atoms with E-state index in [0.717, 1.165) is 11.1 Å². The molecule has 0 aliphatic carbocycles. The molecule has 19 heavy (non-hydrogen) atoms. The van der Waals surface area contributed by atoms with Crippen LogP contribution in [-0.4, -0.2) is 17.0 Å². The second kappa shape index (κ2) is 5.24. The predicted octanol–water partition coefficient (Wildman–Crippen LogP) is 3.32. The number of benzene rings is 1. The molecular weight excluding hydrogens is 262 g/mol. The van der Waals surface area contributed by atoms with Gasteiger partial charge >= 0.3 is 5.97 Å². The van der Waals surface area contributed by atoms with E-state index in [9.17, 15) is 14.7 Å². The maximum atomic E-state index is 12.0. The summed E-state index contributed by atoms with van der Waals surface area (Å²) in [6.45, 7) is 3.60. The maximum absolute atomic E-state index is 12.0. The van der Waals surface area contributed by atoms with E-state index >= 15 is 0 Å². The molecule has 0 aliphatic rings. The lowest BCUT2D eigenvalue weighted by Gasteiger charge is -2.12. The molecule has 0 fully saturated rings. The molecule has 0 radical (unpaired) electrons.